The number of benzene rings is 1. The van der Waals surface area contributed by atoms with E-state index in [9.17, 15) is 9.59 Å². The third kappa shape index (κ3) is 4.06. The monoisotopic (exact) mass is 264 g/mol. The number of anilines is 1. The maximum Gasteiger partial charge on any atom is 0.336 e. The quantitative estimate of drug-likeness (QED) is 0.732. The van der Waals surface area contributed by atoms with E-state index in [1.54, 1.807) is 19.1 Å². The number of hydrogen-bond donors (Lipinski definition) is 3. The van der Waals surface area contributed by atoms with Crippen molar-refractivity contribution in [2.75, 3.05) is 11.9 Å². The van der Waals surface area contributed by atoms with Gasteiger partial charge in [-0.1, -0.05) is 13.0 Å². The summed E-state index contributed by atoms with van der Waals surface area (Å²) in [6, 6.07) is 4.84. The number of rotatable bonds is 6. The van der Waals surface area contributed by atoms with E-state index in [-0.39, 0.29) is 17.4 Å². The molecule has 0 aliphatic heterocycles. The Labute approximate surface area is 112 Å². The van der Waals surface area contributed by atoms with E-state index >= 15 is 0 Å². The van der Waals surface area contributed by atoms with E-state index in [2.05, 4.69) is 5.32 Å². The Hall–Kier alpha value is -1.88. The van der Waals surface area contributed by atoms with Crippen LogP contribution in [0.25, 0.3) is 0 Å². The molecule has 0 fully saturated rings. The summed E-state index contributed by atoms with van der Waals surface area (Å²) < 4.78 is 0. The number of nitrogens with two attached hydrogens (primary N) is 1. The van der Waals surface area contributed by atoms with Crippen LogP contribution in [0.15, 0.2) is 18.2 Å². The van der Waals surface area contributed by atoms with Gasteiger partial charge < -0.3 is 16.2 Å². The molecular formula is C14H20N2O3. The highest BCUT2D eigenvalue weighted by Crippen LogP contribution is 2.20. The second-order valence-corrected chi connectivity index (χ2v) is 4.60. The van der Waals surface area contributed by atoms with Crippen molar-refractivity contribution in [2.24, 2.45) is 11.7 Å². The van der Waals surface area contributed by atoms with Crippen LogP contribution in [0.3, 0.4) is 0 Å². The first-order valence-electron chi connectivity index (χ1n) is 6.31. The van der Waals surface area contributed by atoms with Gasteiger partial charge in [-0.3, -0.25) is 4.79 Å². The van der Waals surface area contributed by atoms with Crippen LogP contribution in [0.2, 0.25) is 0 Å². The summed E-state index contributed by atoms with van der Waals surface area (Å²) in [7, 11) is 0. The molecule has 0 radical (unpaired) electrons. The molecule has 1 atom stereocenters. The molecule has 4 N–H and O–H groups in total. The van der Waals surface area contributed by atoms with Crippen LogP contribution in [-0.2, 0) is 4.79 Å². The number of carboxylic acids is 1. The fourth-order valence-electron chi connectivity index (χ4n) is 1.81. The standard InChI is InChI=1S/C14H20N2O3/c1-9(5-4-8-15)13(17)16-12-7-3-6-11(10(12)2)14(18)19/h3,6-7,9H,4-5,8,15H2,1-2H3,(H,16,17)(H,18,19). The molecule has 0 aliphatic carbocycles. The van der Waals surface area contributed by atoms with Gasteiger partial charge in [0.25, 0.3) is 0 Å². The summed E-state index contributed by atoms with van der Waals surface area (Å²) in [5.74, 6) is -1.25. The van der Waals surface area contributed by atoms with Gasteiger partial charge in [0.15, 0.2) is 0 Å². The first-order chi connectivity index (χ1) is 8.97. The van der Waals surface area contributed by atoms with Crippen LogP contribution in [-0.4, -0.2) is 23.5 Å². The van der Waals surface area contributed by atoms with Crippen LogP contribution in [0.5, 0.6) is 0 Å². The second-order valence-electron chi connectivity index (χ2n) is 4.60. The highest BCUT2D eigenvalue weighted by atomic mass is 16.4. The van der Waals surface area contributed by atoms with Crippen molar-refractivity contribution >= 4 is 17.6 Å². The van der Waals surface area contributed by atoms with Gasteiger partial charge in [-0.25, -0.2) is 4.79 Å². The molecule has 1 aromatic rings. The van der Waals surface area contributed by atoms with E-state index in [0.29, 0.717) is 17.8 Å². The minimum Gasteiger partial charge on any atom is -0.478 e. The van der Waals surface area contributed by atoms with E-state index in [4.69, 9.17) is 10.8 Å². The SMILES string of the molecule is Cc1c(NC(=O)C(C)CCCN)cccc1C(=O)O. The lowest BCUT2D eigenvalue weighted by Gasteiger charge is -2.14. The topological polar surface area (TPSA) is 92.4 Å². The summed E-state index contributed by atoms with van der Waals surface area (Å²) in [5.41, 5.74) is 6.72. The lowest BCUT2D eigenvalue weighted by Crippen LogP contribution is -2.22. The maximum absolute atomic E-state index is 12.0. The van der Waals surface area contributed by atoms with E-state index < -0.39 is 5.97 Å². The summed E-state index contributed by atoms with van der Waals surface area (Å²) in [6.07, 6.45) is 1.52. The average molecular weight is 264 g/mol. The number of amides is 1. The first kappa shape index (κ1) is 15.2. The van der Waals surface area contributed by atoms with E-state index in [1.807, 2.05) is 6.92 Å². The third-order valence-corrected chi connectivity index (χ3v) is 3.11. The highest BCUT2D eigenvalue weighted by molar-refractivity contribution is 5.96. The molecule has 1 aromatic carbocycles. The number of nitrogens with one attached hydrogen (secondary N) is 1. The van der Waals surface area contributed by atoms with Gasteiger partial charge in [0.05, 0.1) is 5.56 Å². The highest BCUT2D eigenvalue weighted by Gasteiger charge is 2.15. The fraction of sp³-hybridized carbons (Fsp3) is 0.429. The smallest absolute Gasteiger partial charge is 0.336 e. The van der Waals surface area contributed by atoms with Gasteiger partial charge in [0.1, 0.15) is 0 Å². The molecule has 1 unspecified atom stereocenters. The van der Waals surface area contributed by atoms with Crippen LogP contribution in [0, 0.1) is 12.8 Å². The molecule has 104 valence electrons. The Morgan fingerprint density at radius 2 is 2.11 bits per heavy atom. The second kappa shape index (κ2) is 6.89. The molecule has 5 nitrogen and oxygen atoms in total. The van der Waals surface area contributed by atoms with Gasteiger partial charge in [-0.05, 0) is 44.0 Å². The van der Waals surface area contributed by atoms with Gasteiger partial charge in [-0.15, -0.1) is 0 Å². The van der Waals surface area contributed by atoms with Gasteiger partial charge in [-0.2, -0.15) is 0 Å². The minimum absolute atomic E-state index is 0.112. The molecule has 1 rings (SSSR count). The predicted molar refractivity (Wildman–Crippen MR) is 74.2 cm³/mol. The van der Waals surface area contributed by atoms with Crippen molar-refractivity contribution in [1.29, 1.82) is 0 Å². The largest absolute Gasteiger partial charge is 0.478 e. The number of hydrogen-bond acceptors (Lipinski definition) is 3. The van der Waals surface area contributed by atoms with Crippen LogP contribution < -0.4 is 11.1 Å². The Morgan fingerprint density at radius 3 is 2.68 bits per heavy atom. The van der Waals surface area contributed by atoms with Crippen LogP contribution >= 0.6 is 0 Å². The molecule has 1 amide bonds. The van der Waals surface area contributed by atoms with E-state index in [0.717, 1.165) is 12.8 Å². The molecule has 0 saturated heterocycles. The van der Waals surface area contributed by atoms with Crippen molar-refractivity contribution in [2.45, 2.75) is 26.7 Å². The molecule has 0 spiro atoms. The molecule has 5 heteroatoms. The zero-order valence-corrected chi connectivity index (χ0v) is 11.3. The van der Waals surface area contributed by atoms with Crippen molar-refractivity contribution in [3.8, 4) is 0 Å². The van der Waals surface area contributed by atoms with Gasteiger partial charge in [0, 0.05) is 11.6 Å². The van der Waals surface area contributed by atoms with Crippen LogP contribution in [0.4, 0.5) is 5.69 Å². The van der Waals surface area contributed by atoms with Crippen LogP contribution in [0.1, 0.15) is 35.7 Å². The molecular weight excluding hydrogens is 244 g/mol. The lowest BCUT2D eigenvalue weighted by atomic mass is 10.0. The Bertz CT molecular complexity index is 472. The zero-order valence-electron chi connectivity index (χ0n) is 11.3. The van der Waals surface area contributed by atoms with Crippen molar-refractivity contribution < 1.29 is 14.7 Å². The van der Waals surface area contributed by atoms with E-state index in [1.165, 1.54) is 6.07 Å². The third-order valence-electron chi connectivity index (χ3n) is 3.11. The molecule has 0 aliphatic rings. The number of carbonyl (C=O) groups is 2. The normalized spacial score (nSPS) is 11.9. The molecule has 0 aromatic heterocycles. The summed E-state index contributed by atoms with van der Waals surface area (Å²) in [5, 5.41) is 11.8. The maximum atomic E-state index is 12.0. The van der Waals surface area contributed by atoms with Gasteiger partial charge in [0.2, 0.25) is 5.91 Å². The van der Waals surface area contributed by atoms with Crippen molar-refractivity contribution in [1.82, 2.24) is 0 Å². The van der Waals surface area contributed by atoms with Gasteiger partial charge >= 0.3 is 5.97 Å². The Morgan fingerprint density at radius 1 is 1.42 bits per heavy atom. The van der Waals surface area contributed by atoms with Crippen molar-refractivity contribution in [3.63, 3.8) is 0 Å². The number of carbonyl (C=O) groups excluding carboxylic acids is 1. The molecule has 0 heterocycles. The minimum atomic E-state index is -0.996. The summed E-state index contributed by atoms with van der Waals surface area (Å²) in [6.45, 7) is 4.08. The Kier molecular flexibility index (Phi) is 5.51. The fourth-order valence-corrected chi connectivity index (χ4v) is 1.81. The lowest BCUT2D eigenvalue weighted by molar-refractivity contribution is -0.119. The Balaban J connectivity index is 2.80. The summed E-state index contributed by atoms with van der Waals surface area (Å²) >= 11 is 0. The molecule has 19 heavy (non-hydrogen) atoms. The average Bonchev–Trinajstić information content (AvgIpc) is 2.37. The number of aromatic carboxylic acids is 1. The first-order valence-corrected chi connectivity index (χ1v) is 6.31. The molecule has 0 saturated carbocycles. The number of carboxylic acid groups (broad SMARTS) is 1. The van der Waals surface area contributed by atoms with Crippen molar-refractivity contribution in [3.05, 3.63) is 29.3 Å². The summed E-state index contributed by atoms with van der Waals surface area (Å²) in [4.78, 5) is 23.0. The molecule has 0 bridgehead atoms. The predicted octanol–water partition coefficient (Wildman–Crippen LogP) is 2.01. The zero-order chi connectivity index (χ0) is 14.4.